The standard InChI is InChI=1S/C13H16F4N2O.ClH/c1-3-13(18,4-2)6-19-12(20)9-10(16)7(14)5-8(15)11(9)17;/h5H,3-4,6,18H2,1-2H3,(H,19,20);1H. The zero-order valence-corrected chi connectivity index (χ0v) is 12.4. The van der Waals surface area contributed by atoms with Crippen molar-refractivity contribution in [1.29, 1.82) is 0 Å². The zero-order valence-electron chi connectivity index (χ0n) is 11.6. The minimum absolute atomic E-state index is 0. The van der Waals surface area contributed by atoms with Crippen LogP contribution in [0.2, 0.25) is 0 Å². The Bertz CT molecular complexity index is 495. The lowest BCUT2D eigenvalue weighted by Crippen LogP contribution is -2.49. The van der Waals surface area contributed by atoms with Gasteiger partial charge in [-0.3, -0.25) is 4.79 Å². The smallest absolute Gasteiger partial charge is 0.257 e. The van der Waals surface area contributed by atoms with Crippen LogP contribution in [0.3, 0.4) is 0 Å². The highest BCUT2D eigenvalue weighted by Gasteiger charge is 2.27. The molecule has 0 saturated carbocycles. The van der Waals surface area contributed by atoms with Gasteiger partial charge in [0, 0.05) is 18.2 Å². The molecule has 21 heavy (non-hydrogen) atoms. The highest BCUT2D eigenvalue weighted by molar-refractivity contribution is 5.94. The Kier molecular flexibility index (Phi) is 7.12. The van der Waals surface area contributed by atoms with Crippen LogP contribution >= 0.6 is 12.4 Å². The average molecular weight is 329 g/mol. The van der Waals surface area contributed by atoms with Gasteiger partial charge < -0.3 is 11.1 Å². The molecule has 0 aromatic heterocycles. The normalized spacial score (nSPS) is 11.0. The van der Waals surface area contributed by atoms with Gasteiger partial charge in [0.2, 0.25) is 0 Å². The maximum absolute atomic E-state index is 13.4. The zero-order chi connectivity index (χ0) is 15.5. The summed E-state index contributed by atoms with van der Waals surface area (Å²) in [6.07, 6.45) is 1.04. The predicted octanol–water partition coefficient (Wildman–Crippen LogP) is 2.91. The molecule has 0 radical (unpaired) electrons. The highest BCUT2D eigenvalue weighted by Crippen LogP contribution is 2.19. The second kappa shape index (κ2) is 7.61. The second-order valence-corrected chi connectivity index (χ2v) is 4.60. The van der Waals surface area contributed by atoms with Crippen LogP contribution in [-0.4, -0.2) is 18.0 Å². The molecule has 1 rings (SSSR count). The Morgan fingerprint density at radius 2 is 1.57 bits per heavy atom. The van der Waals surface area contributed by atoms with E-state index in [-0.39, 0.29) is 25.0 Å². The van der Waals surface area contributed by atoms with Gasteiger partial charge in [-0.25, -0.2) is 17.6 Å². The molecule has 1 aromatic rings. The maximum Gasteiger partial charge on any atom is 0.257 e. The number of hydrogen-bond acceptors (Lipinski definition) is 2. The van der Waals surface area contributed by atoms with Crippen LogP contribution < -0.4 is 11.1 Å². The number of nitrogens with two attached hydrogens (primary N) is 1. The highest BCUT2D eigenvalue weighted by atomic mass is 35.5. The molecule has 0 bridgehead atoms. The Hall–Kier alpha value is -1.34. The second-order valence-electron chi connectivity index (χ2n) is 4.60. The first-order valence-electron chi connectivity index (χ1n) is 6.15. The van der Waals surface area contributed by atoms with Crippen molar-refractivity contribution >= 4 is 18.3 Å². The minimum Gasteiger partial charge on any atom is -0.350 e. The van der Waals surface area contributed by atoms with E-state index >= 15 is 0 Å². The number of carbonyl (C=O) groups is 1. The van der Waals surface area contributed by atoms with Crippen LogP contribution in [0.4, 0.5) is 17.6 Å². The Morgan fingerprint density at radius 3 is 1.95 bits per heavy atom. The van der Waals surface area contributed by atoms with Gasteiger partial charge in [-0.05, 0) is 12.8 Å². The van der Waals surface area contributed by atoms with Crippen molar-refractivity contribution in [2.75, 3.05) is 6.54 Å². The minimum atomic E-state index is -1.72. The van der Waals surface area contributed by atoms with Gasteiger partial charge in [0.05, 0.1) is 0 Å². The van der Waals surface area contributed by atoms with Crippen LogP contribution in [0.1, 0.15) is 37.0 Å². The number of benzene rings is 1. The van der Waals surface area contributed by atoms with Gasteiger partial charge in [0.1, 0.15) is 5.56 Å². The van der Waals surface area contributed by atoms with E-state index in [2.05, 4.69) is 5.32 Å². The van der Waals surface area contributed by atoms with Crippen molar-refractivity contribution in [2.45, 2.75) is 32.2 Å². The van der Waals surface area contributed by atoms with Gasteiger partial charge in [-0.15, -0.1) is 12.4 Å². The molecule has 1 aromatic carbocycles. The maximum atomic E-state index is 13.4. The van der Waals surface area contributed by atoms with Gasteiger partial charge in [-0.1, -0.05) is 13.8 Å². The molecule has 0 aliphatic carbocycles. The fraction of sp³-hybridized carbons (Fsp3) is 0.462. The first-order chi connectivity index (χ1) is 9.25. The number of rotatable bonds is 5. The van der Waals surface area contributed by atoms with Crippen molar-refractivity contribution in [3.63, 3.8) is 0 Å². The molecule has 1 amide bonds. The Balaban J connectivity index is 0.00000400. The van der Waals surface area contributed by atoms with Crippen molar-refractivity contribution < 1.29 is 22.4 Å². The SMILES string of the molecule is CCC(N)(CC)CNC(=O)c1c(F)c(F)cc(F)c1F.Cl. The lowest BCUT2D eigenvalue weighted by atomic mass is 9.94. The summed E-state index contributed by atoms with van der Waals surface area (Å²) in [4.78, 5) is 11.7. The number of hydrogen-bond donors (Lipinski definition) is 2. The summed E-state index contributed by atoms with van der Waals surface area (Å²) in [6.45, 7) is 3.52. The number of carbonyl (C=O) groups excluding carboxylic acids is 1. The molecule has 3 nitrogen and oxygen atoms in total. The van der Waals surface area contributed by atoms with Gasteiger partial charge in [0.25, 0.3) is 5.91 Å². The van der Waals surface area contributed by atoms with Gasteiger partial charge in [0.15, 0.2) is 23.3 Å². The Morgan fingerprint density at radius 1 is 1.14 bits per heavy atom. The van der Waals surface area contributed by atoms with E-state index in [9.17, 15) is 22.4 Å². The molecule has 0 unspecified atom stereocenters. The third-order valence-electron chi connectivity index (χ3n) is 3.35. The van der Waals surface area contributed by atoms with Gasteiger partial charge >= 0.3 is 0 Å². The summed E-state index contributed by atoms with van der Waals surface area (Å²) in [5, 5.41) is 2.20. The number of amides is 1. The molecule has 120 valence electrons. The lowest BCUT2D eigenvalue weighted by Gasteiger charge is -2.26. The molecule has 8 heteroatoms. The molecule has 0 fully saturated rings. The summed E-state index contributed by atoms with van der Waals surface area (Å²) in [5.41, 5.74) is 3.89. The summed E-state index contributed by atoms with van der Waals surface area (Å²) in [6, 6.07) is 0.0484. The monoisotopic (exact) mass is 328 g/mol. The van der Waals surface area contributed by atoms with E-state index in [1.165, 1.54) is 0 Å². The van der Waals surface area contributed by atoms with Crippen molar-refractivity contribution in [2.24, 2.45) is 5.73 Å². The van der Waals surface area contributed by atoms with Crippen molar-refractivity contribution in [3.8, 4) is 0 Å². The van der Waals surface area contributed by atoms with E-state index in [0.29, 0.717) is 12.8 Å². The van der Waals surface area contributed by atoms with E-state index in [4.69, 9.17) is 5.73 Å². The summed E-state index contributed by atoms with van der Waals surface area (Å²) >= 11 is 0. The van der Waals surface area contributed by atoms with E-state index in [1.54, 1.807) is 13.8 Å². The molecule has 0 aliphatic heterocycles. The molecule has 0 aliphatic rings. The molecule has 0 saturated heterocycles. The largest absolute Gasteiger partial charge is 0.350 e. The first kappa shape index (κ1) is 19.7. The fourth-order valence-corrected chi connectivity index (χ4v) is 1.62. The Labute approximate surface area is 126 Å². The molecular weight excluding hydrogens is 312 g/mol. The van der Waals surface area contributed by atoms with E-state index in [0.717, 1.165) is 0 Å². The predicted molar refractivity (Wildman–Crippen MR) is 73.4 cm³/mol. The van der Waals surface area contributed by atoms with E-state index < -0.39 is 40.3 Å². The number of halogens is 5. The van der Waals surface area contributed by atoms with Crippen molar-refractivity contribution in [3.05, 3.63) is 34.9 Å². The van der Waals surface area contributed by atoms with Crippen LogP contribution in [0.25, 0.3) is 0 Å². The molecular formula is C13H17ClF4N2O. The average Bonchev–Trinajstić information content (AvgIpc) is 2.43. The van der Waals surface area contributed by atoms with Crippen LogP contribution in [0.15, 0.2) is 6.07 Å². The summed E-state index contributed by atoms with van der Waals surface area (Å²) in [7, 11) is 0. The fourth-order valence-electron chi connectivity index (χ4n) is 1.62. The van der Waals surface area contributed by atoms with Crippen LogP contribution in [0, 0.1) is 23.3 Å². The van der Waals surface area contributed by atoms with Crippen LogP contribution in [-0.2, 0) is 0 Å². The first-order valence-corrected chi connectivity index (χ1v) is 6.15. The van der Waals surface area contributed by atoms with Gasteiger partial charge in [-0.2, -0.15) is 0 Å². The quantitative estimate of drug-likeness (QED) is 0.645. The summed E-state index contributed by atoms with van der Waals surface area (Å²) < 4.78 is 52.8. The topological polar surface area (TPSA) is 55.1 Å². The van der Waals surface area contributed by atoms with E-state index in [1.807, 2.05) is 0 Å². The van der Waals surface area contributed by atoms with Crippen LogP contribution in [0.5, 0.6) is 0 Å². The lowest BCUT2D eigenvalue weighted by molar-refractivity contribution is 0.0931. The number of nitrogens with one attached hydrogen (secondary N) is 1. The van der Waals surface area contributed by atoms with Crippen molar-refractivity contribution in [1.82, 2.24) is 5.32 Å². The third kappa shape index (κ3) is 4.31. The molecule has 0 atom stereocenters. The molecule has 0 heterocycles. The third-order valence-corrected chi connectivity index (χ3v) is 3.35. The summed E-state index contributed by atoms with van der Waals surface area (Å²) in [5.74, 6) is -7.94. The molecule has 0 spiro atoms. The molecule has 3 N–H and O–H groups in total.